The van der Waals surface area contributed by atoms with Crippen molar-refractivity contribution in [1.29, 1.82) is 0 Å². The quantitative estimate of drug-likeness (QED) is 0.456. The van der Waals surface area contributed by atoms with Gasteiger partial charge in [-0.05, 0) is 25.6 Å². The van der Waals surface area contributed by atoms with Crippen molar-refractivity contribution in [3.8, 4) is 0 Å². The molecule has 0 bridgehead atoms. The fourth-order valence-electron chi connectivity index (χ4n) is 2.21. The second-order valence-electron chi connectivity index (χ2n) is 4.16. The molecule has 0 amide bonds. The van der Waals surface area contributed by atoms with Crippen LogP contribution in [0.25, 0.3) is 0 Å². The lowest BCUT2D eigenvalue weighted by atomic mass is 9.91. The second-order valence-corrected chi connectivity index (χ2v) is 6.11. The number of methoxy groups -OCH3 is 1. The number of halogens is 2. The van der Waals surface area contributed by atoms with E-state index in [1.165, 1.54) is 7.11 Å². The van der Waals surface area contributed by atoms with Gasteiger partial charge in [0.05, 0.1) is 19.6 Å². The van der Waals surface area contributed by atoms with Gasteiger partial charge >= 0.3 is 5.97 Å². The summed E-state index contributed by atoms with van der Waals surface area (Å²) in [5, 5.41) is 0.388. The predicted molar refractivity (Wildman–Crippen MR) is 71.4 cm³/mol. The molecule has 0 N–H and O–H groups in total. The molecule has 0 heterocycles. The maximum atomic E-state index is 11.7. The smallest absolute Gasteiger partial charge is 0.309 e. The van der Waals surface area contributed by atoms with Gasteiger partial charge in [-0.3, -0.25) is 4.79 Å². The molecule has 0 saturated heterocycles. The molecule has 1 aliphatic carbocycles. The third kappa shape index (κ3) is 3.04. The Balaban J connectivity index is 2.95. The second kappa shape index (κ2) is 5.72. The van der Waals surface area contributed by atoms with Crippen LogP contribution in [0.2, 0.25) is 0 Å². The third-order valence-corrected chi connectivity index (χ3v) is 4.58. The Morgan fingerprint density at radius 3 is 2.59 bits per heavy atom. The van der Waals surface area contributed by atoms with E-state index in [1.54, 1.807) is 0 Å². The molecule has 6 heteroatoms. The zero-order valence-corrected chi connectivity index (χ0v) is 12.4. The van der Waals surface area contributed by atoms with Crippen LogP contribution in [0.3, 0.4) is 0 Å². The monoisotopic (exact) mass is 298 g/mol. The minimum atomic E-state index is -0.968. The van der Waals surface area contributed by atoms with Crippen molar-refractivity contribution in [2.45, 2.75) is 24.6 Å². The van der Waals surface area contributed by atoms with Crippen molar-refractivity contribution in [2.24, 2.45) is 17.8 Å². The first-order valence-electron chi connectivity index (χ1n) is 5.47. The fourth-order valence-corrected chi connectivity index (χ4v) is 3.30. The maximum absolute atomic E-state index is 11.7. The van der Waals surface area contributed by atoms with Crippen LogP contribution in [0.5, 0.6) is 0 Å². The Morgan fingerprint density at radius 1 is 1.53 bits per heavy atom. The zero-order valence-electron chi connectivity index (χ0n) is 10.0. The standard InChI is InChI=1S/C11H16Cl2O3S/c1-4-16-10(17)8-6(2)11(12,13)5-7(8)9(14)15-3/h6-8H,4-5H2,1-3H3/t6-,7-,8-/m0/s1. The summed E-state index contributed by atoms with van der Waals surface area (Å²) in [6.07, 6.45) is 0.335. The molecule has 98 valence electrons. The molecule has 0 unspecified atom stereocenters. The van der Waals surface area contributed by atoms with Gasteiger partial charge in [0.1, 0.15) is 4.33 Å². The van der Waals surface area contributed by atoms with Gasteiger partial charge in [-0.1, -0.05) is 6.92 Å². The van der Waals surface area contributed by atoms with E-state index in [-0.39, 0.29) is 17.8 Å². The number of carbonyl (C=O) groups excluding carboxylic acids is 1. The SMILES string of the molecule is CCOC(=S)[C@@H]1[C@@H](C(=O)OC)CC(Cl)(Cl)[C@H]1C. The number of hydrogen-bond donors (Lipinski definition) is 0. The molecular weight excluding hydrogens is 283 g/mol. The molecule has 1 aliphatic rings. The molecule has 0 aromatic heterocycles. The number of esters is 1. The van der Waals surface area contributed by atoms with Gasteiger partial charge in [-0.25, -0.2) is 0 Å². The van der Waals surface area contributed by atoms with Crippen LogP contribution >= 0.6 is 35.4 Å². The highest BCUT2D eigenvalue weighted by Gasteiger charge is 2.54. The van der Waals surface area contributed by atoms with Crippen LogP contribution in [-0.2, 0) is 14.3 Å². The van der Waals surface area contributed by atoms with Crippen molar-refractivity contribution in [2.75, 3.05) is 13.7 Å². The van der Waals surface area contributed by atoms with Gasteiger partial charge in [-0.15, -0.1) is 23.2 Å². The number of carbonyl (C=O) groups is 1. The molecule has 3 nitrogen and oxygen atoms in total. The van der Waals surface area contributed by atoms with E-state index < -0.39 is 10.3 Å². The molecule has 0 aliphatic heterocycles. The van der Waals surface area contributed by atoms with Crippen molar-refractivity contribution < 1.29 is 14.3 Å². The van der Waals surface area contributed by atoms with Gasteiger partial charge in [0, 0.05) is 11.8 Å². The van der Waals surface area contributed by atoms with Crippen molar-refractivity contribution in [1.82, 2.24) is 0 Å². The Morgan fingerprint density at radius 2 is 2.12 bits per heavy atom. The van der Waals surface area contributed by atoms with Crippen LogP contribution in [0.1, 0.15) is 20.3 Å². The molecule has 0 aromatic carbocycles. The Bertz CT molecular complexity index is 320. The fraction of sp³-hybridized carbons (Fsp3) is 0.818. The summed E-state index contributed by atoms with van der Waals surface area (Å²) >= 11 is 17.6. The summed E-state index contributed by atoms with van der Waals surface area (Å²) in [7, 11) is 1.34. The minimum absolute atomic E-state index is 0.144. The summed E-state index contributed by atoms with van der Waals surface area (Å²) in [6.45, 7) is 4.18. The molecule has 3 atom stereocenters. The highest BCUT2D eigenvalue weighted by molar-refractivity contribution is 7.80. The average Bonchev–Trinajstić information content (AvgIpc) is 2.50. The van der Waals surface area contributed by atoms with E-state index in [2.05, 4.69) is 0 Å². The van der Waals surface area contributed by atoms with Crippen molar-refractivity contribution in [3.05, 3.63) is 0 Å². The normalized spacial score (nSPS) is 31.0. The highest BCUT2D eigenvalue weighted by Crippen LogP contribution is 2.51. The highest BCUT2D eigenvalue weighted by atomic mass is 35.5. The lowest BCUT2D eigenvalue weighted by Crippen LogP contribution is -2.31. The van der Waals surface area contributed by atoms with Crippen molar-refractivity contribution >= 4 is 46.4 Å². The van der Waals surface area contributed by atoms with Crippen LogP contribution < -0.4 is 0 Å². The summed E-state index contributed by atoms with van der Waals surface area (Å²) in [6, 6.07) is 0. The lowest BCUT2D eigenvalue weighted by Gasteiger charge is -2.23. The van der Waals surface area contributed by atoms with E-state index in [0.717, 1.165) is 0 Å². The van der Waals surface area contributed by atoms with Gasteiger partial charge in [-0.2, -0.15) is 0 Å². The van der Waals surface area contributed by atoms with Gasteiger partial charge < -0.3 is 9.47 Å². The first-order chi connectivity index (χ1) is 7.85. The molecule has 1 fully saturated rings. The molecule has 0 aromatic rings. The molecule has 0 radical (unpaired) electrons. The van der Waals surface area contributed by atoms with Crippen LogP contribution in [-0.4, -0.2) is 29.1 Å². The summed E-state index contributed by atoms with van der Waals surface area (Å²) in [5.41, 5.74) is 0. The van der Waals surface area contributed by atoms with E-state index in [1.807, 2.05) is 13.8 Å². The van der Waals surface area contributed by atoms with E-state index >= 15 is 0 Å². The van der Waals surface area contributed by atoms with Gasteiger partial charge in [0.15, 0.2) is 5.05 Å². The van der Waals surface area contributed by atoms with Gasteiger partial charge in [0.2, 0.25) is 0 Å². The molecule has 1 rings (SSSR count). The molecular formula is C11H16Cl2O3S. The molecule has 17 heavy (non-hydrogen) atoms. The Labute approximate surface area is 117 Å². The van der Waals surface area contributed by atoms with E-state index in [0.29, 0.717) is 18.1 Å². The number of hydrogen-bond acceptors (Lipinski definition) is 4. The lowest BCUT2D eigenvalue weighted by molar-refractivity contribution is -0.146. The summed E-state index contributed by atoms with van der Waals surface area (Å²) in [4.78, 5) is 11.7. The number of thiocarbonyl (C=S) groups is 1. The molecule has 1 saturated carbocycles. The topological polar surface area (TPSA) is 35.5 Å². The van der Waals surface area contributed by atoms with Crippen LogP contribution in [0, 0.1) is 17.8 Å². The third-order valence-electron chi connectivity index (χ3n) is 3.19. The average molecular weight is 299 g/mol. The minimum Gasteiger partial charge on any atom is -0.487 e. The largest absolute Gasteiger partial charge is 0.487 e. The Hall–Kier alpha value is -0.0600. The van der Waals surface area contributed by atoms with Gasteiger partial charge in [0.25, 0.3) is 0 Å². The van der Waals surface area contributed by atoms with E-state index in [9.17, 15) is 4.79 Å². The number of rotatable bonds is 3. The maximum Gasteiger partial charge on any atom is 0.309 e. The zero-order chi connectivity index (χ0) is 13.2. The van der Waals surface area contributed by atoms with Crippen LogP contribution in [0.15, 0.2) is 0 Å². The first-order valence-corrected chi connectivity index (χ1v) is 6.63. The van der Waals surface area contributed by atoms with Crippen molar-refractivity contribution in [3.63, 3.8) is 0 Å². The Kier molecular flexibility index (Phi) is 5.05. The predicted octanol–water partition coefficient (Wildman–Crippen LogP) is 2.97. The summed E-state index contributed by atoms with van der Waals surface area (Å²) in [5.74, 6) is -1.18. The molecule has 0 spiro atoms. The number of ether oxygens (including phenoxy) is 2. The first kappa shape index (κ1) is 15.0. The number of alkyl halides is 2. The van der Waals surface area contributed by atoms with E-state index in [4.69, 9.17) is 44.9 Å². The summed E-state index contributed by atoms with van der Waals surface area (Å²) < 4.78 is 9.12. The van der Waals surface area contributed by atoms with Crippen LogP contribution in [0.4, 0.5) is 0 Å².